The smallest absolute Gasteiger partial charge is 0.0960 e. The summed E-state index contributed by atoms with van der Waals surface area (Å²) in [4.78, 5) is 0. The third-order valence-corrected chi connectivity index (χ3v) is 2.47. The number of halogens is 1. The van der Waals surface area contributed by atoms with Crippen LogP contribution in [0.5, 0.6) is 0 Å². The molecule has 0 atom stereocenters. The van der Waals surface area contributed by atoms with Crippen molar-refractivity contribution in [2.75, 3.05) is 0 Å². The molecular formula is C15H19F. The Kier molecular flexibility index (Phi) is 6.24. The van der Waals surface area contributed by atoms with Crippen LogP contribution in [0, 0.1) is 0 Å². The van der Waals surface area contributed by atoms with E-state index in [1.807, 2.05) is 24.3 Å². The third kappa shape index (κ3) is 5.50. The maximum Gasteiger partial charge on any atom is 0.0960 e. The Morgan fingerprint density at radius 2 is 1.94 bits per heavy atom. The second-order valence-electron chi connectivity index (χ2n) is 3.86. The van der Waals surface area contributed by atoms with Gasteiger partial charge in [-0.2, -0.15) is 0 Å². The van der Waals surface area contributed by atoms with Crippen LogP contribution in [-0.4, -0.2) is 0 Å². The van der Waals surface area contributed by atoms with Crippen molar-refractivity contribution in [3.8, 4) is 0 Å². The molecule has 0 radical (unpaired) electrons. The molecule has 0 nitrogen and oxygen atoms in total. The van der Waals surface area contributed by atoms with Crippen molar-refractivity contribution in [2.45, 2.75) is 32.1 Å². The average molecular weight is 218 g/mol. The first kappa shape index (κ1) is 12.7. The SMILES string of the molecule is C=CCCC/C(F)=C/CCc1ccccc1. The lowest BCUT2D eigenvalue weighted by molar-refractivity contribution is 0.569. The first-order chi connectivity index (χ1) is 7.83. The summed E-state index contributed by atoms with van der Waals surface area (Å²) in [6.45, 7) is 3.62. The van der Waals surface area contributed by atoms with E-state index in [9.17, 15) is 4.39 Å². The molecule has 0 aliphatic rings. The molecule has 86 valence electrons. The minimum Gasteiger partial charge on any atom is -0.212 e. The van der Waals surface area contributed by atoms with Crippen LogP contribution in [0.3, 0.4) is 0 Å². The zero-order chi connectivity index (χ0) is 11.6. The second kappa shape index (κ2) is 7.86. The first-order valence-electron chi connectivity index (χ1n) is 5.82. The molecular weight excluding hydrogens is 199 g/mol. The summed E-state index contributed by atoms with van der Waals surface area (Å²) in [7, 11) is 0. The van der Waals surface area contributed by atoms with Crippen LogP contribution in [0.4, 0.5) is 4.39 Å². The third-order valence-electron chi connectivity index (χ3n) is 2.47. The van der Waals surface area contributed by atoms with E-state index in [4.69, 9.17) is 0 Å². The van der Waals surface area contributed by atoms with Gasteiger partial charge in [0.15, 0.2) is 0 Å². The van der Waals surface area contributed by atoms with Crippen molar-refractivity contribution >= 4 is 0 Å². The molecule has 16 heavy (non-hydrogen) atoms. The number of aryl methyl sites for hydroxylation is 1. The Labute approximate surface area is 97.5 Å². The van der Waals surface area contributed by atoms with E-state index in [1.165, 1.54) is 5.56 Å². The van der Waals surface area contributed by atoms with E-state index in [0.29, 0.717) is 6.42 Å². The molecule has 0 aliphatic heterocycles. The molecule has 0 spiro atoms. The molecule has 0 amide bonds. The summed E-state index contributed by atoms with van der Waals surface area (Å²) in [5.74, 6) is 0.0118. The van der Waals surface area contributed by atoms with Crippen molar-refractivity contribution in [1.82, 2.24) is 0 Å². The molecule has 1 aromatic carbocycles. The van der Waals surface area contributed by atoms with Gasteiger partial charge in [-0.05, 0) is 37.7 Å². The second-order valence-corrected chi connectivity index (χ2v) is 3.86. The van der Waals surface area contributed by atoms with Gasteiger partial charge in [0.05, 0.1) is 5.83 Å². The summed E-state index contributed by atoms with van der Waals surface area (Å²) in [5, 5.41) is 0. The van der Waals surface area contributed by atoms with Crippen molar-refractivity contribution < 1.29 is 4.39 Å². The van der Waals surface area contributed by atoms with Crippen LogP contribution < -0.4 is 0 Å². The average Bonchev–Trinajstić information content (AvgIpc) is 2.31. The van der Waals surface area contributed by atoms with E-state index in [1.54, 1.807) is 6.08 Å². The Hall–Kier alpha value is -1.37. The van der Waals surface area contributed by atoms with Crippen LogP contribution in [0.25, 0.3) is 0 Å². The molecule has 0 aliphatic carbocycles. The van der Waals surface area contributed by atoms with Gasteiger partial charge in [0.25, 0.3) is 0 Å². The van der Waals surface area contributed by atoms with Gasteiger partial charge in [-0.3, -0.25) is 0 Å². The van der Waals surface area contributed by atoms with Gasteiger partial charge in [-0.15, -0.1) is 6.58 Å². The van der Waals surface area contributed by atoms with Crippen LogP contribution in [-0.2, 0) is 6.42 Å². The monoisotopic (exact) mass is 218 g/mol. The number of hydrogen-bond acceptors (Lipinski definition) is 0. The van der Waals surface area contributed by atoms with Crippen LogP contribution in [0.2, 0.25) is 0 Å². The van der Waals surface area contributed by atoms with Gasteiger partial charge >= 0.3 is 0 Å². The highest BCUT2D eigenvalue weighted by molar-refractivity contribution is 5.15. The topological polar surface area (TPSA) is 0 Å². The molecule has 0 saturated carbocycles. The summed E-state index contributed by atoms with van der Waals surface area (Å²) in [6.07, 6.45) is 7.52. The van der Waals surface area contributed by atoms with Gasteiger partial charge in [0.2, 0.25) is 0 Å². The fourth-order valence-corrected chi connectivity index (χ4v) is 1.56. The number of unbranched alkanes of at least 4 members (excludes halogenated alkanes) is 1. The summed E-state index contributed by atoms with van der Waals surface area (Å²) in [6, 6.07) is 10.2. The van der Waals surface area contributed by atoms with Crippen LogP contribution in [0.1, 0.15) is 31.2 Å². The predicted molar refractivity (Wildman–Crippen MR) is 68.0 cm³/mol. The van der Waals surface area contributed by atoms with E-state index < -0.39 is 0 Å². The molecule has 0 N–H and O–H groups in total. The summed E-state index contributed by atoms with van der Waals surface area (Å²) in [5.41, 5.74) is 1.26. The largest absolute Gasteiger partial charge is 0.212 e. The number of allylic oxidation sites excluding steroid dienone is 3. The first-order valence-corrected chi connectivity index (χ1v) is 5.82. The van der Waals surface area contributed by atoms with Gasteiger partial charge in [-0.1, -0.05) is 42.5 Å². The molecule has 0 fully saturated rings. The van der Waals surface area contributed by atoms with Crippen molar-refractivity contribution in [3.05, 3.63) is 60.5 Å². The zero-order valence-corrected chi connectivity index (χ0v) is 9.66. The van der Waals surface area contributed by atoms with Gasteiger partial charge in [0, 0.05) is 0 Å². The van der Waals surface area contributed by atoms with E-state index in [-0.39, 0.29) is 5.83 Å². The molecule has 0 bridgehead atoms. The Morgan fingerprint density at radius 1 is 1.19 bits per heavy atom. The normalized spacial score (nSPS) is 11.4. The number of rotatable bonds is 7. The molecule has 0 unspecified atom stereocenters. The lowest BCUT2D eigenvalue weighted by Crippen LogP contribution is -1.83. The maximum absolute atomic E-state index is 13.3. The predicted octanol–water partition coefficient (Wildman–Crippen LogP) is 4.83. The Morgan fingerprint density at radius 3 is 2.62 bits per heavy atom. The van der Waals surface area contributed by atoms with Crippen molar-refractivity contribution in [3.63, 3.8) is 0 Å². The quantitative estimate of drug-likeness (QED) is 0.454. The lowest BCUT2D eigenvalue weighted by atomic mass is 10.1. The lowest BCUT2D eigenvalue weighted by Gasteiger charge is -1.98. The molecule has 0 aromatic heterocycles. The molecule has 1 heteroatoms. The van der Waals surface area contributed by atoms with Gasteiger partial charge in [0.1, 0.15) is 0 Å². The van der Waals surface area contributed by atoms with Crippen LogP contribution >= 0.6 is 0 Å². The highest BCUT2D eigenvalue weighted by Crippen LogP contribution is 2.11. The van der Waals surface area contributed by atoms with E-state index in [0.717, 1.165) is 25.7 Å². The maximum atomic E-state index is 13.3. The van der Waals surface area contributed by atoms with Gasteiger partial charge in [-0.25, -0.2) is 4.39 Å². The number of hydrogen-bond donors (Lipinski definition) is 0. The van der Waals surface area contributed by atoms with E-state index >= 15 is 0 Å². The van der Waals surface area contributed by atoms with Crippen molar-refractivity contribution in [2.24, 2.45) is 0 Å². The van der Waals surface area contributed by atoms with E-state index in [2.05, 4.69) is 18.7 Å². The standard InChI is InChI=1S/C15H19F/c1-2-3-5-12-15(16)13-8-11-14-9-6-4-7-10-14/h2,4,6-7,9-10,13H,1,3,5,8,11-12H2/b15-13-. The summed E-state index contributed by atoms with van der Waals surface area (Å²) < 4.78 is 13.3. The van der Waals surface area contributed by atoms with Gasteiger partial charge < -0.3 is 0 Å². The molecule has 0 saturated heterocycles. The fraction of sp³-hybridized carbons (Fsp3) is 0.333. The Balaban J connectivity index is 2.23. The highest BCUT2D eigenvalue weighted by atomic mass is 19.1. The minimum absolute atomic E-state index is 0.0118. The molecule has 0 heterocycles. The fourth-order valence-electron chi connectivity index (χ4n) is 1.56. The van der Waals surface area contributed by atoms with Crippen molar-refractivity contribution in [1.29, 1.82) is 0 Å². The Bertz CT molecular complexity index is 325. The highest BCUT2D eigenvalue weighted by Gasteiger charge is 1.95. The molecule has 1 aromatic rings. The zero-order valence-electron chi connectivity index (χ0n) is 9.66. The summed E-state index contributed by atoms with van der Waals surface area (Å²) >= 11 is 0. The number of benzene rings is 1. The van der Waals surface area contributed by atoms with Crippen LogP contribution in [0.15, 0.2) is 54.9 Å². The molecule has 1 rings (SSSR count). The minimum atomic E-state index is 0.0118.